The number of hydrogen-bond acceptors (Lipinski definition) is 7. The van der Waals surface area contributed by atoms with Gasteiger partial charge < -0.3 is 16.0 Å². The lowest BCUT2D eigenvalue weighted by atomic mass is 10.3. The van der Waals surface area contributed by atoms with Crippen LogP contribution in [0.1, 0.15) is 23.2 Å². The Balaban J connectivity index is 1.53. The van der Waals surface area contributed by atoms with Crippen molar-refractivity contribution in [2.45, 2.75) is 18.9 Å². The number of nitrogens with zero attached hydrogens (tertiary/aromatic N) is 5. The smallest absolute Gasteiger partial charge is 0.279 e. The van der Waals surface area contributed by atoms with Crippen molar-refractivity contribution in [2.24, 2.45) is 0 Å². The molecule has 4 heterocycles. The Morgan fingerprint density at radius 1 is 1.19 bits per heavy atom. The van der Waals surface area contributed by atoms with Crippen LogP contribution >= 0.6 is 0 Å². The predicted octanol–water partition coefficient (Wildman–Crippen LogP) is 1.95. The van der Waals surface area contributed by atoms with E-state index in [4.69, 9.17) is 0 Å². The molecule has 1 aliphatic carbocycles. The van der Waals surface area contributed by atoms with Gasteiger partial charge in [-0.05, 0) is 37.1 Å². The number of rotatable bonds is 6. The number of amides is 1. The molecule has 156 valence electrons. The highest BCUT2D eigenvalue weighted by Crippen LogP contribution is 2.23. The predicted molar refractivity (Wildman–Crippen MR) is 116 cm³/mol. The topological polar surface area (TPSA) is 118 Å². The van der Waals surface area contributed by atoms with Crippen LogP contribution < -0.4 is 21.5 Å². The second-order valence-corrected chi connectivity index (χ2v) is 7.23. The number of carbonyl (C=O) groups excluding carboxylic acids is 1. The van der Waals surface area contributed by atoms with Crippen LogP contribution in [0.5, 0.6) is 0 Å². The van der Waals surface area contributed by atoms with Gasteiger partial charge >= 0.3 is 0 Å². The Morgan fingerprint density at radius 2 is 2.06 bits per heavy atom. The summed E-state index contributed by atoms with van der Waals surface area (Å²) in [7, 11) is 1.75. The van der Waals surface area contributed by atoms with Crippen LogP contribution in [0.4, 0.5) is 17.3 Å². The van der Waals surface area contributed by atoms with Crippen LogP contribution in [0.3, 0.4) is 0 Å². The molecule has 0 radical (unpaired) electrons. The maximum absolute atomic E-state index is 13.0. The highest BCUT2D eigenvalue weighted by molar-refractivity contribution is 6.00. The summed E-state index contributed by atoms with van der Waals surface area (Å²) in [6.07, 6.45) is 6.77. The molecule has 0 spiro atoms. The van der Waals surface area contributed by atoms with Crippen molar-refractivity contribution in [2.75, 3.05) is 17.7 Å². The second-order valence-electron chi connectivity index (χ2n) is 7.23. The minimum atomic E-state index is -0.269. The summed E-state index contributed by atoms with van der Waals surface area (Å²) in [5.74, 6) is 1.35. The third-order valence-electron chi connectivity index (χ3n) is 4.99. The molecule has 0 atom stereocenters. The third-order valence-corrected chi connectivity index (χ3v) is 4.99. The molecule has 0 aromatic carbocycles. The van der Waals surface area contributed by atoms with Gasteiger partial charge in [0.05, 0.1) is 6.20 Å². The van der Waals surface area contributed by atoms with Gasteiger partial charge in [0.25, 0.3) is 11.5 Å². The molecule has 0 unspecified atom stereocenters. The van der Waals surface area contributed by atoms with Gasteiger partial charge in [-0.2, -0.15) is 9.61 Å². The van der Waals surface area contributed by atoms with E-state index in [-0.39, 0.29) is 17.5 Å². The first kappa shape index (κ1) is 18.8. The van der Waals surface area contributed by atoms with Gasteiger partial charge in [0, 0.05) is 31.5 Å². The van der Waals surface area contributed by atoms with Crippen molar-refractivity contribution < 1.29 is 4.79 Å². The molecule has 10 heteroatoms. The summed E-state index contributed by atoms with van der Waals surface area (Å²) in [5, 5.41) is 13.4. The number of fused-ring (bicyclic) bond motifs is 1. The van der Waals surface area contributed by atoms with Crippen molar-refractivity contribution in [3.8, 4) is 5.82 Å². The first-order valence-electron chi connectivity index (χ1n) is 9.91. The van der Waals surface area contributed by atoms with Gasteiger partial charge in [-0.15, -0.1) is 0 Å². The van der Waals surface area contributed by atoms with E-state index in [1.807, 2.05) is 6.07 Å². The molecule has 4 aromatic heterocycles. The molecule has 3 N–H and O–H groups in total. The largest absolute Gasteiger partial charge is 0.373 e. The number of anilines is 3. The molecule has 1 amide bonds. The second kappa shape index (κ2) is 7.56. The fraction of sp³-hybridized carbons (Fsp3) is 0.190. The molecule has 0 saturated heterocycles. The minimum Gasteiger partial charge on any atom is -0.373 e. The Kier molecular flexibility index (Phi) is 4.58. The Morgan fingerprint density at radius 3 is 2.81 bits per heavy atom. The van der Waals surface area contributed by atoms with Crippen LogP contribution in [0.25, 0.3) is 11.5 Å². The fourth-order valence-electron chi connectivity index (χ4n) is 3.26. The lowest BCUT2D eigenvalue weighted by molar-refractivity contribution is 0.0952. The standard InChI is InChI=1S/C21H20N8O2/c1-22-18-11-16(27-19-14(12-24-29(18)19)20(30)25-13-7-8-13)26-15-5-4-10-28(21(15)31)17-6-2-3-9-23-17/h2-6,9-13,22H,7-8H2,1H3,(H,25,30)(H,26,27). The van der Waals surface area contributed by atoms with Gasteiger partial charge in [-0.3, -0.25) is 14.2 Å². The van der Waals surface area contributed by atoms with Crippen molar-refractivity contribution in [1.29, 1.82) is 0 Å². The van der Waals surface area contributed by atoms with Crippen molar-refractivity contribution in [3.63, 3.8) is 0 Å². The van der Waals surface area contributed by atoms with E-state index in [1.165, 1.54) is 10.8 Å². The Labute approximate surface area is 177 Å². The molecular formula is C21H20N8O2. The van der Waals surface area contributed by atoms with E-state index in [2.05, 4.69) is 31.0 Å². The van der Waals surface area contributed by atoms with Crippen LogP contribution in [0.2, 0.25) is 0 Å². The maximum Gasteiger partial charge on any atom is 0.279 e. The summed E-state index contributed by atoms with van der Waals surface area (Å²) in [6.45, 7) is 0. The molecule has 0 aliphatic heterocycles. The monoisotopic (exact) mass is 416 g/mol. The van der Waals surface area contributed by atoms with Gasteiger partial charge in [0.15, 0.2) is 5.65 Å². The highest BCUT2D eigenvalue weighted by Gasteiger charge is 2.26. The molecule has 0 bridgehead atoms. The van der Waals surface area contributed by atoms with E-state index in [0.29, 0.717) is 34.4 Å². The van der Waals surface area contributed by atoms with Crippen LogP contribution in [0, 0.1) is 0 Å². The zero-order valence-electron chi connectivity index (χ0n) is 16.7. The Bertz CT molecular complexity index is 1320. The van der Waals surface area contributed by atoms with Gasteiger partial charge in [0.1, 0.15) is 28.7 Å². The van der Waals surface area contributed by atoms with Crippen molar-refractivity contribution >= 4 is 28.9 Å². The fourth-order valence-corrected chi connectivity index (χ4v) is 3.26. The molecule has 10 nitrogen and oxygen atoms in total. The Hall–Kier alpha value is -4.21. The van der Waals surface area contributed by atoms with E-state index in [0.717, 1.165) is 12.8 Å². The van der Waals surface area contributed by atoms with Gasteiger partial charge in [0.2, 0.25) is 0 Å². The van der Waals surface area contributed by atoms with Crippen molar-refractivity contribution in [1.82, 2.24) is 29.5 Å². The number of nitrogens with one attached hydrogen (secondary N) is 3. The number of carbonyl (C=O) groups is 1. The van der Waals surface area contributed by atoms with Crippen LogP contribution in [-0.2, 0) is 0 Å². The third kappa shape index (κ3) is 3.59. The zero-order chi connectivity index (χ0) is 21.4. The summed E-state index contributed by atoms with van der Waals surface area (Å²) >= 11 is 0. The van der Waals surface area contributed by atoms with Crippen LogP contribution in [0.15, 0.2) is 59.8 Å². The van der Waals surface area contributed by atoms with E-state index in [9.17, 15) is 9.59 Å². The first-order valence-corrected chi connectivity index (χ1v) is 9.91. The molecule has 31 heavy (non-hydrogen) atoms. The molecule has 1 fully saturated rings. The summed E-state index contributed by atoms with van der Waals surface area (Å²) in [6, 6.07) is 10.7. The maximum atomic E-state index is 13.0. The average Bonchev–Trinajstić information content (AvgIpc) is 3.50. The quantitative estimate of drug-likeness (QED) is 0.440. The number of pyridine rings is 2. The van der Waals surface area contributed by atoms with E-state index >= 15 is 0 Å². The number of aromatic nitrogens is 5. The molecule has 1 saturated carbocycles. The average molecular weight is 416 g/mol. The van der Waals surface area contributed by atoms with Crippen LogP contribution in [-0.4, -0.2) is 43.1 Å². The van der Waals surface area contributed by atoms with Gasteiger partial charge in [-0.1, -0.05) is 6.07 Å². The number of hydrogen-bond donors (Lipinski definition) is 3. The highest BCUT2D eigenvalue weighted by atomic mass is 16.2. The summed E-state index contributed by atoms with van der Waals surface area (Å²) < 4.78 is 3.01. The lowest BCUT2D eigenvalue weighted by Crippen LogP contribution is -2.25. The first-order chi connectivity index (χ1) is 15.1. The zero-order valence-corrected chi connectivity index (χ0v) is 16.7. The van der Waals surface area contributed by atoms with Gasteiger partial charge in [-0.25, -0.2) is 9.97 Å². The molecular weight excluding hydrogens is 396 g/mol. The van der Waals surface area contributed by atoms with Crippen molar-refractivity contribution in [3.05, 3.63) is 70.9 Å². The van der Waals surface area contributed by atoms with E-state index in [1.54, 1.807) is 54.3 Å². The SMILES string of the molecule is CNc1cc(Nc2cccn(-c3ccccn3)c2=O)nc2c(C(=O)NC3CC3)cnn12. The molecule has 1 aliphatic rings. The summed E-state index contributed by atoms with van der Waals surface area (Å²) in [4.78, 5) is 34.4. The summed E-state index contributed by atoms with van der Waals surface area (Å²) in [5.41, 5.74) is 0.837. The molecule has 4 aromatic rings. The normalized spacial score (nSPS) is 13.2. The molecule has 5 rings (SSSR count). The minimum absolute atomic E-state index is 0.207. The lowest BCUT2D eigenvalue weighted by Gasteiger charge is -2.11. The van der Waals surface area contributed by atoms with E-state index < -0.39 is 0 Å².